The van der Waals surface area contributed by atoms with Gasteiger partial charge < -0.3 is 5.32 Å². The maximum atomic E-state index is 13.6. The molecular formula is C16H10Cl2F9N5. The minimum atomic E-state index is -5.34. The Hall–Kier alpha value is -2.19. The van der Waals surface area contributed by atoms with Crippen LogP contribution in [-0.4, -0.2) is 41.7 Å². The largest absolute Gasteiger partial charge is 0.449 e. The fraction of sp³-hybridized carbons (Fsp3) is 0.375. The fourth-order valence-corrected chi connectivity index (χ4v) is 3.84. The number of hydrogen-bond acceptors (Lipinski definition) is 4. The zero-order valence-electron chi connectivity index (χ0n) is 15.4. The number of likely N-dealkylation sites (N-methyl/N-ethyl adjacent to an activating group) is 1. The van der Waals surface area contributed by atoms with Crippen LogP contribution in [0, 0.1) is 5.41 Å². The number of amidine groups is 2. The monoisotopic (exact) mass is 513 g/mol. The van der Waals surface area contributed by atoms with Gasteiger partial charge in [-0.25, -0.2) is 4.99 Å². The summed E-state index contributed by atoms with van der Waals surface area (Å²) in [5, 5.41) is 9.42. The molecule has 2 heterocycles. The van der Waals surface area contributed by atoms with Crippen LogP contribution in [0.3, 0.4) is 0 Å². The lowest BCUT2D eigenvalue weighted by Gasteiger charge is -2.32. The van der Waals surface area contributed by atoms with Crippen LogP contribution in [0.4, 0.5) is 45.2 Å². The summed E-state index contributed by atoms with van der Waals surface area (Å²) >= 11 is 11.8. The molecule has 3 rings (SSSR count). The summed E-state index contributed by atoms with van der Waals surface area (Å²) in [5.41, 5.74) is -4.63. The molecule has 1 saturated heterocycles. The van der Waals surface area contributed by atoms with Gasteiger partial charge in [0.2, 0.25) is 5.84 Å². The Morgan fingerprint density at radius 1 is 0.969 bits per heavy atom. The molecule has 0 aromatic heterocycles. The Morgan fingerprint density at radius 2 is 1.50 bits per heavy atom. The Balaban J connectivity index is 2.24. The number of alkyl halides is 9. The van der Waals surface area contributed by atoms with Gasteiger partial charge in [0.05, 0.1) is 26.9 Å². The molecule has 1 fully saturated rings. The lowest BCUT2D eigenvalue weighted by Crippen LogP contribution is -2.48. The highest BCUT2D eigenvalue weighted by Crippen LogP contribution is 2.46. The van der Waals surface area contributed by atoms with E-state index in [0.717, 1.165) is 5.01 Å². The van der Waals surface area contributed by atoms with Gasteiger partial charge in [0, 0.05) is 6.54 Å². The number of hydrazine groups is 1. The normalized spacial score (nSPS) is 20.5. The number of benzene rings is 1. The molecule has 2 aliphatic heterocycles. The molecule has 0 amide bonds. The van der Waals surface area contributed by atoms with Crippen molar-refractivity contribution in [3.8, 4) is 0 Å². The third-order valence-corrected chi connectivity index (χ3v) is 5.04. The average Bonchev–Trinajstić information content (AvgIpc) is 2.90. The molecule has 176 valence electrons. The van der Waals surface area contributed by atoms with Gasteiger partial charge in [-0.05, 0) is 12.1 Å². The average molecular weight is 514 g/mol. The summed E-state index contributed by atoms with van der Waals surface area (Å²) in [6, 6.07) is 0.876. The summed E-state index contributed by atoms with van der Waals surface area (Å²) < 4.78 is 119. The van der Waals surface area contributed by atoms with Crippen LogP contribution in [0.5, 0.6) is 0 Å². The molecule has 2 aliphatic rings. The van der Waals surface area contributed by atoms with Gasteiger partial charge in [0.15, 0.2) is 6.17 Å². The molecule has 0 saturated carbocycles. The summed E-state index contributed by atoms with van der Waals surface area (Å²) in [6.45, 7) is 1.02. The topological polar surface area (TPSA) is 54.7 Å². The van der Waals surface area contributed by atoms with Crippen LogP contribution < -0.4 is 10.3 Å². The van der Waals surface area contributed by atoms with E-state index in [4.69, 9.17) is 28.6 Å². The maximum Gasteiger partial charge on any atom is 0.449 e. The van der Waals surface area contributed by atoms with Crippen LogP contribution in [-0.2, 0) is 6.18 Å². The molecule has 32 heavy (non-hydrogen) atoms. The Bertz CT molecular complexity index is 1000. The number of rotatable bonds is 2. The Labute approximate surface area is 183 Å². The first-order valence-corrected chi connectivity index (χ1v) is 9.19. The van der Waals surface area contributed by atoms with Crippen molar-refractivity contribution < 1.29 is 39.5 Å². The number of nitrogens with zero attached hydrogens (tertiary/aromatic N) is 3. The quantitative estimate of drug-likeness (QED) is 0.495. The molecule has 1 aromatic rings. The molecule has 5 nitrogen and oxygen atoms in total. The van der Waals surface area contributed by atoms with Crippen LogP contribution in [0.25, 0.3) is 0 Å². The molecule has 2 N–H and O–H groups in total. The summed E-state index contributed by atoms with van der Waals surface area (Å²) in [7, 11) is 0. The first-order valence-electron chi connectivity index (χ1n) is 8.43. The van der Waals surface area contributed by atoms with Crippen LogP contribution in [0.1, 0.15) is 12.5 Å². The molecule has 0 bridgehead atoms. The van der Waals surface area contributed by atoms with Gasteiger partial charge in [0.1, 0.15) is 11.5 Å². The third kappa shape index (κ3) is 4.10. The standard InChI is InChI=1S/C16H10Cl2F9N5/c1-2-31-12-8(10(15(22,23)24)29-13(30-12)16(25,26)27)11(28)32(31)9-6(17)3-5(4-7(9)18)14(19,20)21/h3-4,12,28H,2H2,1H3,(H,29,30). The second kappa shape index (κ2) is 7.70. The van der Waals surface area contributed by atoms with Gasteiger partial charge in [-0.15, -0.1) is 0 Å². The molecular weight excluding hydrogens is 504 g/mol. The second-order valence-corrected chi connectivity index (χ2v) is 7.28. The van der Waals surface area contributed by atoms with E-state index in [2.05, 4.69) is 4.99 Å². The second-order valence-electron chi connectivity index (χ2n) is 6.46. The van der Waals surface area contributed by atoms with Crippen molar-refractivity contribution >= 4 is 40.6 Å². The van der Waals surface area contributed by atoms with E-state index in [1.165, 1.54) is 12.2 Å². The van der Waals surface area contributed by atoms with Crippen molar-refractivity contribution in [2.24, 2.45) is 4.99 Å². The molecule has 1 atom stereocenters. The highest BCUT2D eigenvalue weighted by Gasteiger charge is 2.54. The van der Waals surface area contributed by atoms with Gasteiger partial charge >= 0.3 is 18.5 Å². The van der Waals surface area contributed by atoms with Crippen molar-refractivity contribution in [1.29, 1.82) is 5.41 Å². The van der Waals surface area contributed by atoms with E-state index in [0.29, 0.717) is 17.1 Å². The van der Waals surface area contributed by atoms with E-state index < -0.39 is 68.9 Å². The van der Waals surface area contributed by atoms with E-state index in [1.54, 1.807) is 0 Å². The van der Waals surface area contributed by atoms with Crippen molar-refractivity contribution in [3.63, 3.8) is 0 Å². The number of anilines is 1. The smallest absolute Gasteiger partial charge is 0.332 e. The number of hydrogen-bond donors (Lipinski definition) is 2. The number of fused-ring (bicyclic) bond motifs is 1. The minimum Gasteiger partial charge on any atom is -0.332 e. The number of aliphatic imine (C=N–C) groups is 1. The van der Waals surface area contributed by atoms with E-state index in [9.17, 15) is 39.5 Å². The van der Waals surface area contributed by atoms with Crippen molar-refractivity contribution in [2.45, 2.75) is 31.6 Å². The molecule has 0 aliphatic carbocycles. The van der Waals surface area contributed by atoms with Crippen molar-refractivity contribution in [3.05, 3.63) is 39.0 Å². The molecule has 1 unspecified atom stereocenters. The summed E-state index contributed by atoms with van der Waals surface area (Å²) in [5.74, 6) is -2.96. The summed E-state index contributed by atoms with van der Waals surface area (Å²) in [6.07, 6.45) is -17.4. The van der Waals surface area contributed by atoms with Crippen molar-refractivity contribution in [2.75, 3.05) is 11.6 Å². The van der Waals surface area contributed by atoms with Crippen LogP contribution >= 0.6 is 23.2 Å². The number of allylic oxidation sites excluding steroid dienone is 1. The Morgan fingerprint density at radius 3 is 1.91 bits per heavy atom. The maximum absolute atomic E-state index is 13.6. The molecule has 1 aromatic carbocycles. The van der Waals surface area contributed by atoms with Gasteiger partial charge in [0.25, 0.3) is 0 Å². The first kappa shape index (κ1) is 24.5. The fourth-order valence-electron chi connectivity index (χ4n) is 3.20. The van der Waals surface area contributed by atoms with Crippen molar-refractivity contribution in [1.82, 2.24) is 10.3 Å². The van der Waals surface area contributed by atoms with E-state index in [1.807, 2.05) is 0 Å². The molecule has 16 heteroatoms. The number of halogens is 11. The summed E-state index contributed by atoms with van der Waals surface area (Å²) in [4.78, 5) is 3.27. The molecule has 0 spiro atoms. The highest BCUT2D eigenvalue weighted by atomic mass is 35.5. The lowest BCUT2D eigenvalue weighted by molar-refractivity contribution is -0.137. The zero-order valence-corrected chi connectivity index (χ0v) is 17.0. The number of nitrogens with one attached hydrogen (secondary N) is 2. The van der Waals surface area contributed by atoms with E-state index in [-0.39, 0.29) is 6.54 Å². The molecule has 0 radical (unpaired) electrons. The SMILES string of the molecule is CCN1C2N=C(C(F)(F)F)NC(C(F)(F)F)=C2C(=N)N1c1c(Cl)cc(C(F)(F)F)cc1Cl. The Kier molecular flexibility index (Phi) is 5.88. The minimum absolute atomic E-state index is 0.302. The zero-order chi connectivity index (χ0) is 24.4. The highest BCUT2D eigenvalue weighted by molar-refractivity contribution is 6.40. The van der Waals surface area contributed by atoms with Gasteiger partial charge in [-0.3, -0.25) is 10.4 Å². The van der Waals surface area contributed by atoms with Gasteiger partial charge in [-0.2, -0.15) is 44.5 Å². The van der Waals surface area contributed by atoms with Crippen LogP contribution in [0.15, 0.2) is 28.4 Å². The predicted molar refractivity (Wildman–Crippen MR) is 97.5 cm³/mol. The predicted octanol–water partition coefficient (Wildman–Crippen LogP) is 5.75. The van der Waals surface area contributed by atoms with Gasteiger partial charge in [-0.1, -0.05) is 30.1 Å². The first-order chi connectivity index (χ1) is 14.5. The van der Waals surface area contributed by atoms with E-state index >= 15 is 0 Å². The lowest BCUT2D eigenvalue weighted by atomic mass is 10.1. The third-order valence-electron chi connectivity index (χ3n) is 4.46. The van der Waals surface area contributed by atoms with Crippen LogP contribution in [0.2, 0.25) is 10.0 Å².